The molecule has 0 amide bonds. The number of aromatic nitrogens is 2. The molecule has 0 saturated heterocycles. The number of aromatic hydroxyl groups is 1. The smallest absolute Gasteiger partial charge is 0.262 e. The number of hydrogen-bond donors (Lipinski definition) is 1. The molecule has 4 rings (SSSR count). The third-order valence-corrected chi connectivity index (χ3v) is 5.50. The second kappa shape index (κ2) is 9.69. The predicted molar refractivity (Wildman–Crippen MR) is 127 cm³/mol. The summed E-state index contributed by atoms with van der Waals surface area (Å²) in [6.45, 7) is 4.39. The summed E-state index contributed by atoms with van der Waals surface area (Å²) in [7, 11) is 0. The molecule has 33 heavy (non-hydrogen) atoms. The number of benzene rings is 3. The van der Waals surface area contributed by atoms with E-state index in [1.807, 2.05) is 61.5 Å². The SMILES string of the molecule is CCOc1ccccc1-c1c(C)nc(-c2cccc(F)c2O)n(CCc2ccccc2)c1=O. The van der Waals surface area contributed by atoms with Crippen LogP contribution in [0, 0.1) is 12.7 Å². The summed E-state index contributed by atoms with van der Waals surface area (Å²) in [6.07, 6.45) is 0.571. The first-order valence-electron chi connectivity index (χ1n) is 10.9. The fraction of sp³-hybridized carbons (Fsp3) is 0.185. The van der Waals surface area contributed by atoms with Crippen molar-refractivity contribution in [3.05, 3.63) is 100 Å². The van der Waals surface area contributed by atoms with Crippen molar-refractivity contribution in [3.8, 4) is 34.0 Å². The van der Waals surface area contributed by atoms with Gasteiger partial charge in [-0.05, 0) is 44.0 Å². The van der Waals surface area contributed by atoms with Crippen molar-refractivity contribution in [2.24, 2.45) is 0 Å². The molecule has 0 aliphatic carbocycles. The number of rotatable bonds is 7. The Bertz CT molecular complexity index is 1330. The normalized spacial score (nSPS) is 10.9. The summed E-state index contributed by atoms with van der Waals surface area (Å²) in [4.78, 5) is 18.5. The number of phenols is 1. The Balaban J connectivity index is 1.93. The lowest BCUT2D eigenvalue weighted by atomic mass is 10.0. The average Bonchev–Trinajstić information content (AvgIpc) is 2.82. The summed E-state index contributed by atoms with van der Waals surface area (Å²) >= 11 is 0. The van der Waals surface area contributed by atoms with Gasteiger partial charge in [0.25, 0.3) is 5.56 Å². The van der Waals surface area contributed by atoms with Crippen molar-refractivity contribution in [2.45, 2.75) is 26.8 Å². The van der Waals surface area contributed by atoms with Crippen LogP contribution in [0.4, 0.5) is 4.39 Å². The van der Waals surface area contributed by atoms with Crippen LogP contribution in [0.2, 0.25) is 0 Å². The highest BCUT2D eigenvalue weighted by molar-refractivity contribution is 5.73. The molecule has 0 fully saturated rings. The van der Waals surface area contributed by atoms with E-state index in [1.165, 1.54) is 16.7 Å². The molecule has 0 atom stereocenters. The maximum Gasteiger partial charge on any atom is 0.262 e. The zero-order valence-electron chi connectivity index (χ0n) is 18.6. The Kier molecular flexibility index (Phi) is 6.54. The van der Waals surface area contributed by atoms with Gasteiger partial charge in [0.05, 0.1) is 23.4 Å². The van der Waals surface area contributed by atoms with E-state index in [9.17, 15) is 14.3 Å². The maximum atomic E-state index is 14.1. The van der Waals surface area contributed by atoms with Crippen LogP contribution in [0.1, 0.15) is 18.2 Å². The van der Waals surface area contributed by atoms with Crippen LogP contribution < -0.4 is 10.3 Å². The molecule has 0 saturated carbocycles. The second-order valence-corrected chi connectivity index (χ2v) is 7.65. The zero-order valence-corrected chi connectivity index (χ0v) is 18.6. The van der Waals surface area contributed by atoms with Crippen LogP contribution in [-0.2, 0) is 13.0 Å². The number of aryl methyl sites for hydroxylation is 2. The van der Waals surface area contributed by atoms with Gasteiger partial charge in [0.15, 0.2) is 11.6 Å². The first kappa shape index (κ1) is 22.3. The van der Waals surface area contributed by atoms with Crippen molar-refractivity contribution in [1.82, 2.24) is 9.55 Å². The molecule has 0 aliphatic rings. The monoisotopic (exact) mass is 444 g/mol. The summed E-state index contributed by atoms with van der Waals surface area (Å²) < 4.78 is 21.4. The quantitative estimate of drug-likeness (QED) is 0.416. The minimum Gasteiger partial charge on any atom is -0.504 e. The number of ether oxygens (including phenoxy) is 1. The molecule has 1 aromatic heterocycles. The van der Waals surface area contributed by atoms with Crippen LogP contribution in [0.15, 0.2) is 77.6 Å². The van der Waals surface area contributed by atoms with E-state index in [4.69, 9.17) is 4.74 Å². The van der Waals surface area contributed by atoms with Gasteiger partial charge in [-0.1, -0.05) is 54.6 Å². The highest BCUT2D eigenvalue weighted by Crippen LogP contribution is 2.33. The van der Waals surface area contributed by atoms with E-state index in [1.54, 1.807) is 13.0 Å². The average molecular weight is 445 g/mol. The molecular weight excluding hydrogens is 419 g/mol. The van der Waals surface area contributed by atoms with Gasteiger partial charge in [0.1, 0.15) is 11.6 Å². The van der Waals surface area contributed by atoms with Gasteiger partial charge in [-0.2, -0.15) is 0 Å². The fourth-order valence-electron chi connectivity index (χ4n) is 3.92. The van der Waals surface area contributed by atoms with E-state index in [0.717, 1.165) is 5.56 Å². The van der Waals surface area contributed by atoms with Gasteiger partial charge in [-0.3, -0.25) is 9.36 Å². The lowest BCUT2D eigenvalue weighted by Crippen LogP contribution is -2.27. The van der Waals surface area contributed by atoms with Crippen LogP contribution in [0.3, 0.4) is 0 Å². The number of halogens is 1. The Labute approximate surface area is 191 Å². The number of nitrogens with zero attached hydrogens (tertiary/aromatic N) is 2. The highest BCUT2D eigenvalue weighted by Gasteiger charge is 2.22. The molecular formula is C27H25FN2O3. The molecule has 5 nitrogen and oxygen atoms in total. The minimum absolute atomic E-state index is 0.174. The van der Waals surface area contributed by atoms with Gasteiger partial charge in [-0.25, -0.2) is 9.37 Å². The molecule has 168 valence electrons. The molecule has 4 aromatic rings. The van der Waals surface area contributed by atoms with Crippen LogP contribution >= 0.6 is 0 Å². The van der Waals surface area contributed by atoms with E-state index in [2.05, 4.69) is 4.98 Å². The first-order chi connectivity index (χ1) is 16.0. The Hall–Kier alpha value is -3.93. The predicted octanol–water partition coefficient (Wildman–Crippen LogP) is 5.37. The Morgan fingerprint density at radius 3 is 2.42 bits per heavy atom. The largest absolute Gasteiger partial charge is 0.504 e. The zero-order chi connectivity index (χ0) is 23.4. The fourth-order valence-corrected chi connectivity index (χ4v) is 3.92. The molecule has 3 aromatic carbocycles. The van der Waals surface area contributed by atoms with Gasteiger partial charge < -0.3 is 9.84 Å². The van der Waals surface area contributed by atoms with Crippen LogP contribution in [0.5, 0.6) is 11.5 Å². The molecule has 1 heterocycles. The van der Waals surface area contributed by atoms with Crippen molar-refractivity contribution in [3.63, 3.8) is 0 Å². The standard InChI is InChI=1S/C27H25FN2O3/c1-3-33-23-15-8-7-12-20(23)24-18(2)29-26(21-13-9-14-22(28)25(21)31)30(27(24)32)17-16-19-10-5-4-6-11-19/h4-15,31H,3,16-17H2,1-2H3. The molecule has 0 aliphatic heterocycles. The molecule has 0 bridgehead atoms. The Morgan fingerprint density at radius 1 is 0.970 bits per heavy atom. The van der Waals surface area contributed by atoms with Crippen molar-refractivity contribution in [1.29, 1.82) is 0 Å². The van der Waals surface area contributed by atoms with E-state index in [-0.39, 0.29) is 16.9 Å². The number of phenolic OH excluding ortho intramolecular Hbond substituents is 1. The Morgan fingerprint density at radius 2 is 1.67 bits per heavy atom. The topological polar surface area (TPSA) is 64.3 Å². The molecule has 1 N–H and O–H groups in total. The van der Waals surface area contributed by atoms with Crippen LogP contribution in [0.25, 0.3) is 22.5 Å². The molecule has 0 radical (unpaired) electrons. The van der Waals surface area contributed by atoms with E-state index in [0.29, 0.717) is 42.1 Å². The summed E-state index contributed by atoms with van der Waals surface area (Å²) in [5.74, 6) is -0.472. The molecule has 6 heteroatoms. The minimum atomic E-state index is -0.764. The van der Waals surface area contributed by atoms with Gasteiger partial charge in [0, 0.05) is 12.1 Å². The van der Waals surface area contributed by atoms with Gasteiger partial charge in [-0.15, -0.1) is 0 Å². The summed E-state index contributed by atoms with van der Waals surface area (Å²) in [5.41, 5.74) is 2.50. The van der Waals surface area contributed by atoms with Crippen molar-refractivity contribution >= 4 is 0 Å². The van der Waals surface area contributed by atoms with Gasteiger partial charge >= 0.3 is 0 Å². The van der Waals surface area contributed by atoms with Gasteiger partial charge in [0.2, 0.25) is 0 Å². The van der Waals surface area contributed by atoms with Crippen molar-refractivity contribution in [2.75, 3.05) is 6.61 Å². The third kappa shape index (κ3) is 4.51. The number of para-hydroxylation sites is 2. The summed E-state index contributed by atoms with van der Waals surface area (Å²) in [5, 5.41) is 10.4. The van der Waals surface area contributed by atoms with Crippen molar-refractivity contribution < 1.29 is 14.2 Å². The summed E-state index contributed by atoms with van der Waals surface area (Å²) in [6, 6.07) is 21.3. The molecule has 0 spiro atoms. The van der Waals surface area contributed by atoms with E-state index >= 15 is 0 Å². The second-order valence-electron chi connectivity index (χ2n) is 7.65. The maximum absolute atomic E-state index is 14.1. The number of hydrogen-bond acceptors (Lipinski definition) is 4. The lowest BCUT2D eigenvalue weighted by Gasteiger charge is -2.18. The molecule has 0 unspecified atom stereocenters. The van der Waals surface area contributed by atoms with Crippen LogP contribution in [-0.4, -0.2) is 21.3 Å². The third-order valence-electron chi connectivity index (χ3n) is 5.50. The first-order valence-corrected chi connectivity index (χ1v) is 10.9. The van der Waals surface area contributed by atoms with E-state index < -0.39 is 11.6 Å². The highest BCUT2D eigenvalue weighted by atomic mass is 19.1. The lowest BCUT2D eigenvalue weighted by molar-refractivity contribution is 0.341.